The van der Waals surface area contributed by atoms with Gasteiger partial charge in [0.05, 0.1) is 6.10 Å². The van der Waals surface area contributed by atoms with Crippen molar-refractivity contribution < 1.29 is 4.74 Å². The molecule has 1 aliphatic rings. The number of rotatable bonds is 8. The molecule has 1 fully saturated rings. The van der Waals surface area contributed by atoms with Crippen LogP contribution in [0.2, 0.25) is 0 Å². The maximum Gasteiger partial charge on any atom is 0.120 e. The fourth-order valence-corrected chi connectivity index (χ4v) is 2.34. The second-order valence-corrected chi connectivity index (χ2v) is 5.75. The predicted molar refractivity (Wildman–Crippen MR) is 80.6 cm³/mol. The second-order valence-electron chi connectivity index (χ2n) is 5.75. The molecule has 0 saturated heterocycles. The lowest BCUT2D eigenvalue weighted by Gasteiger charge is -2.22. The van der Waals surface area contributed by atoms with Crippen LogP contribution >= 0.6 is 0 Å². The smallest absolute Gasteiger partial charge is 0.120 e. The third-order valence-corrected chi connectivity index (χ3v) is 3.87. The zero-order chi connectivity index (χ0) is 13.7. The molecular formula is C17H27NO. The van der Waals surface area contributed by atoms with Gasteiger partial charge in [-0.05, 0) is 49.4 Å². The summed E-state index contributed by atoms with van der Waals surface area (Å²) < 4.78 is 5.90. The van der Waals surface area contributed by atoms with Gasteiger partial charge < -0.3 is 10.1 Å². The maximum atomic E-state index is 5.90. The highest BCUT2D eigenvalue weighted by atomic mass is 16.5. The van der Waals surface area contributed by atoms with Gasteiger partial charge in [-0.2, -0.15) is 0 Å². The van der Waals surface area contributed by atoms with Crippen LogP contribution in [0.25, 0.3) is 0 Å². The summed E-state index contributed by atoms with van der Waals surface area (Å²) in [5.74, 6) is 1.78. The first-order valence-corrected chi connectivity index (χ1v) is 7.72. The van der Waals surface area contributed by atoms with E-state index in [1.807, 2.05) is 0 Å². The zero-order valence-corrected chi connectivity index (χ0v) is 12.5. The Morgan fingerprint density at radius 3 is 2.74 bits per heavy atom. The molecule has 1 saturated carbocycles. The molecule has 2 rings (SSSR count). The Labute approximate surface area is 117 Å². The molecule has 2 atom stereocenters. The van der Waals surface area contributed by atoms with Crippen molar-refractivity contribution in [3.63, 3.8) is 0 Å². The molecule has 0 heterocycles. The SMILES string of the molecule is CCNC(CC(C)CC)c1cccc(OC2CC2)c1. The Kier molecular flexibility index (Phi) is 5.26. The molecule has 2 nitrogen and oxygen atoms in total. The van der Waals surface area contributed by atoms with Crippen molar-refractivity contribution in [1.82, 2.24) is 5.32 Å². The molecule has 106 valence electrons. The van der Waals surface area contributed by atoms with Crippen LogP contribution in [0.4, 0.5) is 0 Å². The van der Waals surface area contributed by atoms with Crippen LogP contribution in [0.5, 0.6) is 5.75 Å². The number of benzene rings is 1. The zero-order valence-electron chi connectivity index (χ0n) is 12.5. The number of hydrogen-bond acceptors (Lipinski definition) is 2. The quantitative estimate of drug-likeness (QED) is 0.752. The summed E-state index contributed by atoms with van der Waals surface area (Å²) in [5, 5.41) is 3.60. The van der Waals surface area contributed by atoms with E-state index in [-0.39, 0.29) is 0 Å². The fourth-order valence-electron chi connectivity index (χ4n) is 2.34. The van der Waals surface area contributed by atoms with E-state index in [4.69, 9.17) is 4.74 Å². The van der Waals surface area contributed by atoms with E-state index in [1.165, 1.54) is 31.2 Å². The molecule has 1 aliphatic carbocycles. The van der Waals surface area contributed by atoms with Crippen molar-refractivity contribution in [3.05, 3.63) is 29.8 Å². The fraction of sp³-hybridized carbons (Fsp3) is 0.647. The lowest BCUT2D eigenvalue weighted by Crippen LogP contribution is -2.22. The van der Waals surface area contributed by atoms with E-state index in [1.54, 1.807) is 0 Å². The van der Waals surface area contributed by atoms with Crippen LogP contribution in [0.1, 0.15) is 58.1 Å². The first-order valence-electron chi connectivity index (χ1n) is 7.72. The van der Waals surface area contributed by atoms with E-state index in [9.17, 15) is 0 Å². The summed E-state index contributed by atoms with van der Waals surface area (Å²) in [6.07, 6.45) is 5.33. The van der Waals surface area contributed by atoms with Crippen molar-refractivity contribution >= 4 is 0 Å². The summed E-state index contributed by atoms with van der Waals surface area (Å²) in [7, 11) is 0. The first kappa shape index (κ1) is 14.4. The molecule has 0 bridgehead atoms. The molecule has 19 heavy (non-hydrogen) atoms. The third kappa shape index (κ3) is 4.54. The van der Waals surface area contributed by atoms with Crippen LogP contribution in [0.15, 0.2) is 24.3 Å². The van der Waals surface area contributed by atoms with Gasteiger partial charge in [0.2, 0.25) is 0 Å². The molecule has 0 aliphatic heterocycles. The highest BCUT2D eigenvalue weighted by Crippen LogP contribution is 2.30. The standard InChI is InChI=1S/C17H27NO/c1-4-13(3)11-17(18-5-2)14-7-6-8-16(12-14)19-15-9-10-15/h6-8,12-13,15,17-18H,4-5,9-11H2,1-3H3. The van der Waals surface area contributed by atoms with Crippen molar-refractivity contribution in [1.29, 1.82) is 0 Å². The molecule has 1 aromatic carbocycles. The number of ether oxygens (including phenoxy) is 1. The average molecular weight is 261 g/mol. The summed E-state index contributed by atoms with van der Waals surface area (Å²) >= 11 is 0. The van der Waals surface area contributed by atoms with Gasteiger partial charge in [-0.15, -0.1) is 0 Å². The van der Waals surface area contributed by atoms with E-state index in [0.717, 1.165) is 18.2 Å². The Hall–Kier alpha value is -1.02. The maximum absolute atomic E-state index is 5.90. The molecule has 0 amide bonds. The van der Waals surface area contributed by atoms with Gasteiger partial charge in [-0.1, -0.05) is 39.3 Å². The monoisotopic (exact) mass is 261 g/mol. The minimum atomic E-state index is 0.447. The van der Waals surface area contributed by atoms with Crippen LogP contribution in [0.3, 0.4) is 0 Å². The second kappa shape index (κ2) is 6.95. The minimum absolute atomic E-state index is 0.447. The molecule has 0 spiro atoms. The van der Waals surface area contributed by atoms with Crippen molar-refractivity contribution in [2.24, 2.45) is 5.92 Å². The largest absolute Gasteiger partial charge is 0.490 e. The highest BCUT2D eigenvalue weighted by molar-refractivity contribution is 5.31. The minimum Gasteiger partial charge on any atom is -0.490 e. The summed E-state index contributed by atoms with van der Waals surface area (Å²) in [4.78, 5) is 0. The van der Waals surface area contributed by atoms with Gasteiger partial charge in [0, 0.05) is 6.04 Å². The summed E-state index contributed by atoms with van der Waals surface area (Å²) in [5.41, 5.74) is 1.36. The predicted octanol–water partition coefficient (Wildman–Crippen LogP) is 4.31. The topological polar surface area (TPSA) is 21.3 Å². The summed E-state index contributed by atoms with van der Waals surface area (Å²) in [6, 6.07) is 9.08. The lowest BCUT2D eigenvalue weighted by atomic mass is 9.94. The van der Waals surface area contributed by atoms with Crippen LogP contribution < -0.4 is 10.1 Å². The summed E-state index contributed by atoms with van der Waals surface area (Å²) in [6.45, 7) is 7.78. The Morgan fingerprint density at radius 2 is 2.11 bits per heavy atom. The van der Waals surface area contributed by atoms with Gasteiger partial charge in [0.15, 0.2) is 0 Å². The molecule has 1 aromatic rings. The van der Waals surface area contributed by atoms with Crippen LogP contribution in [-0.4, -0.2) is 12.6 Å². The highest BCUT2D eigenvalue weighted by Gasteiger charge is 2.23. The van der Waals surface area contributed by atoms with Crippen molar-refractivity contribution in [3.8, 4) is 5.75 Å². The van der Waals surface area contributed by atoms with Gasteiger partial charge in [0.1, 0.15) is 5.75 Å². The Balaban J connectivity index is 2.05. The molecule has 1 N–H and O–H groups in total. The van der Waals surface area contributed by atoms with Gasteiger partial charge in [0.25, 0.3) is 0 Å². The average Bonchev–Trinajstić information content (AvgIpc) is 3.22. The van der Waals surface area contributed by atoms with E-state index in [0.29, 0.717) is 12.1 Å². The first-order chi connectivity index (χ1) is 9.22. The van der Waals surface area contributed by atoms with E-state index < -0.39 is 0 Å². The lowest BCUT2D eigenvalue weighted by molar-refractivity contribution is 0.302. The van der Waals surface area contributed by atoms with Crippen LogP contribution in [-0.2, 0) is 0 Å². The van der Waals surface area contributed by atoms with Gasteiger partial charge in [-0.25, -0.2) is 0 Å². The van der Waals surface area contributed by atoms with Crippen molar-refractivity contribution in [2.45, 2.75) is 58.6 Å². The molecular weight excluding hydrogens is 234 g/mol. The molecule has 2 unspecified atom stereocenters. The third-order valence-electron chi connectivity index (χ3n) is 3.87. The molecule has 2 heteroatoms. The van der Waals surface area contributed by atoms with E-state index in [2.05, 4.69) is 50.4 Å². The Morgan fingerprint density at radius 1 is 1.32 bits per heavy atom. The van der Waals surface area contributed by atoms with Gasteiger partial charge in [-0.3, -0.25) is 0 Å². The number of nitrogens with one attached hydrogen (secondary N) is 1. The normalized spacial score (nSPS) is 18.1. The van der Waals surface area contributed by atoms with Crippen LogP contribution in [0, 0.1) is 5.92 Å². The molecule has 0 radical (unpaired) electrons. The van der Waals surface area contributed by atoms with Crippen molar-refractivity contribution in [2.75, 3.05) is 6.54 Å². The number of hydrogen-bond donors (Lipinski definition) is 1. The molecule has 0 aromatic heterocycles. The van der Waals surface area contributed by atoms with Gasteiger partial charge >= 0.3 is 0 Å². The van der Waals surface area contributed by atoms with E-state index >= 15 is 0 Å². The Bertz CT molecular complexity index is 387.